The average Bonchev–Trinajstić information content (AvgIpc) is 2.48. The summed E-state index contributed by atoms with van der Waals surface area (Å²) in [6, 6.07) is 4.07. The molecule has 7 nitrogen and oxygen atoms in total. The monoisotopic (exact) mass is 293 g/mol. The third-order valence-corrected chi connectivity index (χ3v) is 3.59. The predicted octanol–water partition coefficient (Wildman–Crippen LogP) is 3.06. The van der Waals surface area contributed by atoms with Crippen LogP contribution in [0.5, 0.6) is 5.75 Å². The number of urea groups is 1. The normalized spacial score (nSPS) is 15.3. The highest BCUT2D eigenvalue weighted by Gasteiger charge is 2.19. The number of rotatable bonds is 4. The number of anilines is 1. The molecule has 0 aliphatic heterocycles. The molecule has 2 rings (SSSR count). The molecule has 0 unspecified atom stereocenters. The molecular weight excluding hydrogens is 274 g/mol. The Morgan fingerprint density at radius 3 is 2.67 bits per heavy atom. The number of ether oxygens (including phenoxy) is 1. The summed E-state index contributed by atoms with van der Waals surface area (Å²) in [5, 5.41) is 16.4. The van der Waals surface area contributed by atoms with Crippen LogP contribution in [0.3, 0.4) is 0 Å². The molecule has 0 atom stereocenters. The number of nitrogens with one attached hydrogen (secondary N) is 2. The van der Waals surface area contributed by atoms with Crippen LogP contribution in [0.2, 0.25) is 0 Å². The molecule has 1 fully saturated rings. The first-order valence-corrected chi connectivity index (χ1v) is 7.00. The Morgan fingerprint density at radius 2 is 2.05 bits per heavy atom. The van der Waals surface area contributed by atoms with Crippen molar-refractivity contribution in [2.24, 2.45) is 0 Å². The second-order valence-corrected chi connectivity index (χ2v) is 5.07. The third-order valence-electron chi connectivity index (χ3n) is 3.59. The van der Waals surface area contributed by atoms with E-state index in [9.17, 15) is 14.9 Å². The van der Waals surface area contributed by atoms with Gasteiger partial charge in [-0.1, -0.05) is 19.3 Å². The van der Waals surface area contributed by atoms with Gasteiger partial charge in [-0.2, -0.15) is 0 Å². The van der Waals surface area contributed by atoms with E-state index in [2.05, 4.69) is 10.6 Å². The lowest BCUT2D eigenvalue weighted by molar-refractivity contribution is -0.384. The second-order valence-electron chi connectivity index (χ2n) is 5.07. The van der Waals surface area contributed by atoms with Crippen molar-refractivity contribution < 1.29 is 14.5 Å². The van der Waals surface area contributed by atoms with E-state index in [0.29, 0.717) is 5.75 Å². The van der Waals surface area contributed by atoms with E-state index in [0.717, 1.165) is 25.7 Å². The maximum absolute atomic E-state index is 11.9. The van der Waals surface area contributed by atoms with Gasteiger partial charge in [0.25, 0.3) is 5.69 Å². The van der Waals surface area contributed by atoms with Crippen molar-refractivity contribution in [3.8, 4) is 5.75 Å². The summed E-state index contributed by atoms with van der Waals surface area (Å²) in [5.74, 6) is 0.375. The van der Waals surface area contributed by atoms with Crippen LogP contribution in [-0.4, -0.2) is 24.1 Å². The second kappa shape index (κ2) is 6.92. The molecule has 1 aromatic rings. The highest BCUT2D eigenvalue weighted by atomic mass is 16.6. The van der Waals surface area contributed by atoms with Crippen LogP contribution in [-0.2, 0) is 0 Å². The molecule has 0 saturated heterocycles. The Labute approximate surface area is 122 Å². The standard InChI is InChI=1S/C14H19N3O4/c1-21-11-7-8-12(13(9-11)17(19)20)16-14(18)15-10-5-3-2-4-6-10/h7-10H,2-6H2,1H3,(H2,15,16,18). The van der Waals surface area contributed by atoms with E-state index in [4.69, 9.17) is 4.74 Å². The fraction of sp³-hybridized carbons (Fsp3) is 0.500. The molecule has 0 aromatic heterocycles. The molecule has 21 heavy (non-hydrogen) atoms. The molecule has 7 heteroatoms. The van der Waals surface area contributed by atoms with Crippen LogP contribution in [0, 0.1) is 10.1 Å². The minimum atomic E-state index is -0.543. The number of hydrogen-bond donors (Lipinski definition) is 2. The molecule has 0 radical (unpaired) electrons. The molecular formula is C14H19N3O4. The number of amides is 2. The maximum Gasteiger partial charge on any atom is 0.319 e. The largest absolute Gasteiger partial charge is 0.496 e. The maximum atomic E-state index is 11.9. The van der Waals surface area contributed by atoms with Gasteiger partial charge in [-0.3, -0.25) is 10.1 Å². The zero-order valence-corrected chi connectivity index (χ0v) is 11.9. The number of methoxy groups -OCH3 is 1. The van der Waals surface area contributed by atoms with Crippen LogP contribution in [0.4, 0.5) is 16.2 Å². The fourth-order valence-electron chi connectivity index (χ4n) is 2.49. The molecule has 1 aromatic carbocycles. The number of benzene rings is 1. The van der Waals surface area contributed by atoms with Crippen LogP contribution < -0.4 is 15.4 Å². The zero-order valence-electron chi connectivity index (χ0n) is 11.9. The quantitative estimate of drug-likeness (QED) is 0.659. The predicted molar refractivity (Wildman–Crippen MR) is 78.7 cm³/mol. The van der Waals surface area contributed by atoms with Gasteiger partial charge in [0, 0.05) is 6.04 Å². The van der Waals surface area contributed by atoms with Gasteiger partial charge in [0.2, 0.25) is 0 Å². The molecule has 1 aliphatic carbocycles. The first-order valence-electron chi connectivity index (χ1n) is 7.00. The highest BCUT2D eigenvalue weighted by Crippen LogP contribution is 2.29. The summed E-state index contributed by atoms with van der Waals surface area (Å²) in [6.45, 7) is 0. The van der Waals surface area contributed by atoms with Crippen molar-refractivity contribution in [2.45, 2.75) is 38.1 Å². The molecule has 1 saturated carbocycles. The Bertz CT molecular complexity index is 527. The summed E-state index contributed by atoms with van der Waals surface area (Å²) in [5.41, 5.74) is -0.0257. The zero-order chi connectivity index (χ0) is 15.2. The average molecular weight is 293 g/mol. The lowest BCUT2D eigenvalue weighted by atomic mass is 9.96. The minimum absolute atomic E-state index is 0.149. The van der Waals surface area contributed by atoms with E-state index in [-0.39, 0.29) is 17.4 Å². The van der Waals surface area contributed by atoms with E-state index in [1.165, 1.54) is 25.7 Å². The number of hydrogen-bond acceptors (Lipinski definition) is 4. The van der Waals surface area contributed by atoms with Crippen LogP contribution in [0.1, 0.15) is 32.1 Å². The van der Waals surface area contributed by atoms with Crippen molar-refractivity contribution in [3.05, 3.63) is 28.3 Å². The lowest BCUT2D eigenvalue weighted by Crippen LogP contribution is -2.39. The molecule has 1 aliphatic rings. The number of carbonyl (C=O) groups is 1. The first-order chi connectivity index (χ1) is 10.1. The lowest BCUT2D eigenvalue weighted by Gasteiger charge is -2.22. The Balaban J connectivity index is 2.04. The molecule has 2 amide bonds. The molecule has 0 heterocycles. The summed E-state index contributed by atoms with van der Waals surface area (Å²) in [7, 11) is 1.43. The van der Waals surface area contributed by atoms with Crippen LogP contribution in [0.25, 0.3) is 0 Å². The fourth-order valence-corrected chi connectivity index (χ4v) is 2.49. The van der Waals surface area contributed by atoms with Crippen molar-refractivity contribution in [1.82, 2.24) is 5.32 Å². The van der Waals surface area contributed by atoms with Crippen molar-refractivity contribution >= 4 is 17.4 Å². The van der Waals surface area contributed by atoms with Crippen molar-refractivity contribution in [2.75, 3.05) is 12.4 Å². The van der Waals surface area contributed by atoms with E-state index >= 15 is 0 Å². The Kier molecular flexibility index (Phi) is 4.97. The summed E-state index contributed by atoms with van der Waals surface area (Å²) in [4.78, 5) is 22.4. The van der Waals surface area contributed by atoms with Gasteiger partial charge in [0.05, 0.1) is 18.1 Å². The van der Waals surface area contributed by atoms with Crippen LogP contribution >= 0.6 is 0 Å². The van der Waals surface area contributed by atoms with Crippen molar-refractivity contribution in [1.29, 1.82) is 0 Å². The number of nitrogens with zero attached hydrogens (tertiary/aromatic N) is 1. The topological polar surface area (TPSA) is 93.5 Å². The SMILES string of the molecule is COc1ccc(NC(=O)NC2CCCCC2)c([N+](=O)[O-])c1. The number of nitro benzene ring substituents is 1. The van der Waals surface area contributed by atoms with Crippen LogP contribution in [0.15, 0.2) is 18.2 Å². The Morgan fingerprint density at radius 1 is 1.33 bits per heavy atom. The van der Waals surface area contributed by atoms with E-state index in [1.54, 1.807) is 6.07 Å². The number of nitro groups is 1. The highest BCUT2D eigenvalue weighted by molar-refractivity contribution is 5.92. The van der Waals surface area contributed by atoms with Gasteiger partial charge in [-0.25, -0.2) is 4.79 Å². The molecule has 0 spiro atoms. The minimum Gasteiger partial charge on any atom is -0.496 e. The molecule has 0 bridgehead atoms. The smallest absolute Gasteiger partial charge is 0.319 e. The first kappa shape index (κ1) is 15.1. The van der Waals surface area contributed by atoms with Gasteiger partial charge < -0.3 is 15.4 Å². The van der Waals surface area contributed by atoms with Gasteiger partial charge in [0.15, 0.2) is 0 Å². The summed E-state index contributed by atoms with van der Waals surface area (Å²) in [6.07, 6.45) is 5.32. The molecule has 2 N–H and O–H groups in total. The van der Waals surface area contributed by atoms with Gasteiger partial charge in [-0.05, 0) is 25.0 Å². The summed E-state index contributed by atoms with van der Waals surface area (Å²) < 4.78 is 4.95. The molecule has 114 valence electrons. The van der Waals surface area contributed by atoms with Gasteiger partial charge in [0.1, 0.15) is 11.4 Å². The third kappa shape index (κ3) is 4.08. The van der Waals surface area contributed by atoms with Gasteiger partial charge >= 0.3 is 6.03 Å². The van der Waals surface area contributed by atoms with E-state index in [1.807, 2.05) is 0 Å². The number of carbonyl (C=O) groups excluding carboxylic acids is 1. The van der Waals surface area contributed by atoms with Crippen molar-refractivity contribution in [3.63, 3.8) is 0 Å². The van der Waals surface area contributed by atoms with Gasteiger partial charge in [-0.15, -0.1) is 0 Å². The van der Waals surface area contributed by atoms with E-state index < -0.39 is 11.0 Å². The Hall–Kier alpha value is -2.31. The summed E-state index contributed by atoms with van der Waals surface area (Å²) >= 11 is 0.